The van der Waals surface area contributed by atoms with Gasteiger partial charge in [-0.15, -0.1) is 0 Å². The molecule has 1 aromatic rings. The lowest BCUT2D eigenvalue weighted by Gasteiger charge is -2.03. The summed E-state index contributed by atoms with van der Waals surface area (Å²) in [5.41, 5.74) is 0.834. The first-order valence-corrected chi connectivity index (χ1v) is 5.27. The van der Waals surface area contributed by atoms with Gasteiger partial charge in [0.05, 0.1) is 12.7 Å². The number of oxime groups is 1. The van der Waals surface area contributed by atoms with Crippen LogP contribution in [-0.2, 0) is 9.57 Å². The minimum atomic E-state index is -0.777. The minimum absolute atomic E-state index is 0.103. The van der Waals surface area contributed by atoms with Gasteiger partial charge in [-0.05, 0) is 31.2 Å². The van der Waals surface area contributed by atoms with E-state index in [9.17, 15) is 9.59 Å². The Morgan fingerprint density at radius 3 is 2.39 bits per heavy atom. The van der Waals surface area contributed by atoms with Gasteiger partial charge < -0.3 is 4.74 Å². The minimum Gasteiger partial charge on any atom is -0.465 e. The van der Waals surface area contributed by atoms with Crippen LogP contribution >= 0.6 is 11.6 Å². The molecule has 18 heavy (non-hydrogen) atoms. The monoisotopic (exact) mass is 270 g/mol. The number of esters is 1. The summed E-state index contributed by atoms with van der Waals surface area (Å²) < 4.78 is 4.54. The molecule has 0 aliphatic rings. The zero-order valence-corrected chi connectivity index (χ0v) is 10.5. The third-order valence-corrected chi connectivity index (χ3v) is 1.88. The number of halogens is 1. The molecule has 0 saturated heterocycles. The van der Waals surface area contributed by atoms with Crippen molar-refractivity contribution in [2.75, 3.05) is 12.4 Å². The Kier molecular flexibility index (Phi) is 5.13. The van der Waals surface area contributed by atoms with Gasteiger partial charge in [-0.1, -0.05) is 16.8 Å². The van der Waals surface area contributed by atoms with E-state index >= 15 is 0 Å². The molecule has 0 aliphatic heterocycles. The number of amides is 1. The number of carbonyl (C=O) groups excluding carboxylic acids is 2. The number of anilines is 1. The number of benzene rings is 1. The molecular formula is C11H11ClN2O4. The fourth-order valence-corrected chi connectivity index (χ4v) is 1.09. The van der Waals surface area contributed by atoms with Gasteiger partial charge in [0, 0.05) is 5.69 Å². The van der Waals surface area contributed by atoms with Gasteiger partial charge in [0.2, 0.25) is 0 Å². The van der Waals surface area contributed by atoms with Gasteiger partial charge in [-0.2, -0.15) is 0 Å². The van der Waals surface area contributed by atoms with Crippen molar-refractivity contribution in [2.45, 2.75) is 6.92 Å². The normalized spacial score (nSPS) is 10.7. The zero-order chi connectivity index (χ0) is 13.5. The van der Waals surface area contributed by atoms with Gasteiger partial charge in [0.1, 0.15) is 5.17 Å². The van der Waals surface area contributed by atoms with Crippen molar-refractivity contribution in [1.82, 2.24) is 0 Å². The van der Waals surface area contributed by atoms with Crippen LogP contribution in [0.25, 0.3) is 0 Å². The highest BCUT2D eigenvalue weighted by molar-refractivity contribution is 6.64. The Bertz CT molecular complexity index is 466. The Balaban J connectivity index is 2.61. The molecule has 0 spiro atoms. The molecule has 6 nitrogen and oxygen atoms in total. The molecule has 1 rings (SSSR count). The van der Waals surface area contributed by atoms with Crippen molar-refractivity contribution in [3.63, 3.8) is 0 Å². The molecule has 0 aromatic heterocycles. The van der Waals surface area contributed by atoms with Crippen molar-refractivity contribution in [2.24, 2.45) is 5.16 Å². The van der Waals surface area contributed by atoms with Gasteiger partial charge >= 0.3 is 12.1 Å². The molecule has 0 heterocycles. The molecule has 0 radical (unpaired) electrons. The van der Waals surface area contributed by atoms with Crippen molar-refractivity contribution >= 4 is 34.5 Å². The largest absolute Gasteiger partial charge is 0.465 e. The highest BCUT2D eigenvalue weighted by Gasteiger charge is 2.06. The van der Waals surface area contributed by atoms with Crippen molar-refractivity contribution in [3.05, 3.63) is 29.8 Å². The van der Waals surface area contributed by atoms with E-state index in [1.165, 1.54) is 38.3 Å². The van der Waals surface area contributed by atoms with Gasteiger partial charge in [0.25, 0.3) is 0 Å². The smallest absolute Gasteiger partial charge is 0.437 e. The number of ether oxygens (including phenoxy) is 1. The van der Waals surface area contributed by atoms with E-state index in [1.807, 2.05) is 0 Å². The lowest BCUT2D eigenvalue weighted by molar-refractivity contribution is 0.0600. The predicted molar refractivity (Wildman–Crippen MR) is 66.8 cm³/mol. The number of carbonyl (C=O) groups is 2. The standard InChI is InChI=1S/C11H11ClN2O4/c1-7(12)14-18-11(16)13-9-5-3-8(4-6-9)10(15)17-2/h3-6H,1-2H3,(H,13,16)/b14-7-. The Morgan fingerprint density at radius 2 is 1.89 bits per heavy atom. The number of hydrogen-bond acceptors (Lipinski definition) is 5. The molecule has 0 atom stereocenters. The third kappa shape index (κ3) is 4.42. The van der Waals surface area contributed by atoms with Crippen LogP contribution < -0.4 is 5.32 Å². The van der Waals surface area contributed by atoms with Crippen LogP contribution in [-0.4, -0.2) is 24.3 Å². The summed E-state index contributed by atoms with van der Waals surface area (Å²) in [5.74, 6) is -0.452. The second-order valence-corrected chi connectivity index (χ2v) is 3.71. The predicted octanol–water partition coefficient (Wildman–Crippen LogP) is 2.59. The first-order valence-electron chi connectivity index (χ1n) is 4.89. The number of hydrogen-bond donors (Lipinski definition) is 1. The molecule has 7 heteroatoms. The summed E-state index contributed by atoms with van der Waals surface area (Å²) in [7, 11) is 1.29. The summed E-state index contributed by atoms with van der Waals surface area (Å²) in [5, 5.41) is 5.78. The lowest BCUT2D eigenvalue weighted by atomic mass is 10.2. The first kappa shape index (κ1) is 14.0. The Labute approximate surface area is 109 Å². The summed E-state index contributed by atoms with van der Waals surface area (Å²) in [6, 6.07) is 6.09. The molecule has 0 unspecified atom stereocenters. The van der Waals surface area contributed by atoms with Crippen molar-refractivity contribution < 1.29 is 19.2 Å². The first-order chi connectivity index (χ1) is 8.52. The Morgan fingerprint density at radius 1 is 1.28 bits per heavy atom. The molecular weight excluding hydrogens is 260 g/mol. The topological polar surface area (TPSA) is 77.0 Å². The van der Waals surface area contributed by atoms with E-state index in [1.54, 1.807) is 0 Å². The summed E-state index contributed by atoms with van der Waals surface area (Å²) in [6.45, 7) is 1.47. The van der Waals surface area contributed by atoms with Crippen molar-refractivity contribution in [3.8, 4) is 0 Å². The molecule has 0 fully saturated rings. The average Bonchev–Trinajstić information content (AvgIpc) is 2.36. The van der Waals surface area contributed by atoms with E-state index in [4.69, 9.17) is 11.6 Å². The van der Waals surface area contributed by atoms with E-state index in [-0.39, 0.29) is 5.17 Å². The third-order valence-electron chi connectivity index (χ3n) is 1.81. The van der Waals surface area contributed by atoms with Crippen LogP contribution in [0.4, 0.5) is 10.5 Å². The molecule has 1 aromatic carbocycles. The number of nitrogens with zero attached hydrogens (tertiary/aromatic N) is 1. The average molecular weight is 271 g/mol. The highest BCUT2D eigenvalue weighted by Crippen LogP contribution is 2.10. The van der Waals surface area contributed by atoms with E-state index in [0.717, 1.165) is 0 Å². The zero-order valence-electron chi connectivity index (χ0n) is 9.77. The molecule has 1 N–H and O–H groups in total. The van der Waals surface area contributed by atoms with Crippen LogP contribution in [0.3, 0.4) is 0 Å². The SMILES string of the molecule is COC(=O)c1ccc(NC(=O)O/N=C(/C)Cl)cc1. The van der Waals surface area contributed by atoms with Crippen LogP contribution in [0.1, 0.15) is 17.3 Å². The fraction of sp³-hybridized carbons (Fsp3) is 0.182. The maximum absolute atomic E-state index is 11.2. The molecule has 0 bridgehead atoms. The fourth-order valence-electron chi connectivity index (χ4n) is 1.05. The number of nitrogens with one attached hydrogen (secondary N) is 1. The summed E-state index contributed by atoms with van der Waals surface area (Å²) in [6.07, 6.45) is -0.777. The maximum Gasteiger partial charge on any atom is 0.437 e. The quantitative estimate of drug-likeness (QED) is 0.396. The van der Waals surface area contributed by atoms with Gasteiger partial charge in [-0.3, -0.25) is 10.2 Å². The maximum atomic E-state index is 11.2. The van der Waals surface area contributed by atoms with Gasteiger partial charge in [0.15, 0.2) is 0 Å². The molecule has 1 amide bonds. The van der Waals surface area contributed by atoms with Crippen LogP contribution in [0.2, 0.25) is 0 Å². The Hall–Kier alpha value is -2.08. The molecule has 0 aliphatic carbocycles. The van der Waals surface area contributed by atoms with E-state index in [0.29, 0.717) is 11.3 Å². The van der Waals surface area contributed by atoms with Gasteiger partial charge in [-0.25, -0.2) is 9.59 Å². The van der Waals surface area contributed by atoms with E-state index in [2.05, 4.69) is 20.0 Å². The van der Waals surface area contributed by atoms with Crippen LogP contribution in [0.15, 0.2) is 29.4 Å². The number of rotatable bonds is 3. The molecule has 0 saturated carbocycles. The summed E-state index contributed by atoms with van der Waals surface area (Å²) in [4.78, 5) is 26.8. The summed E-state index contributed by atoms with van der Waals surface area (Å²) >= 11 is 5.39. The second-order valence-electron chi connectivity index (χ2n) is 3.16. The highest BCUT2D eigenvalue weighted by atomic mass is 35.5. The van der Waals surface area contributed by atoms with Crippen LogP contribution in [0, 0.1) is 0 Å². The van der Waals surface area contributed by atoms with Crippen molar-refractivity contribution in [1.29, 1.82) is 0 Å². The van der Waals surface area contributed by atoms with E-state index < -0.39 is 12.1 Å². The number of methoxy groups -OCH3 is 1. The lowest BCUT2D eigenvalue weighted by Crippen LogP contribution is -2.11. The molecule has 96 valence electrons. The second kappa shape index (κ2) is 6.61. The van der Waals surface area contributed by atoms with Crippen LogP contribution in [0.5, 0.6) is 0 Å².